The Bertz CT molecular complexity index is 1070. The minimum absolute atomic E-state index is 0.215. The number of hydrogen-bond acceptors (Lipinski definition) is 6. The van der Waals surface area contributed by atoms with E-state index in [9.17, 15) is 14.0 Å². The van der Waals surface area contributed by atoms with E-state index in [0.717, 1.165) is 16.4 Å². The summed E-state index contributed by atoms with van der Waals surface area (Å²) in [6, 6.07) is 9.14. The maximum atomic E-state index is 14.0. The van der Waals surface area contributed by atoms with Gasteiger partial charge in [0.15, 0.2) is 5.16 Å². The SMILES string of the molecule is COC(=O)c1ccc2c(=O)n(N)c(SCc3ccc(Br)cc3F)nc2c1. The van der Waals surface area contributed by atoms with Gasteiger partial charge in [0.1, 0.15) is 5.82 Å². The molecule has 1 aromatic heterocycles. The predicted molar refractivity (Wildman–Crippen MR) is 101 cm³/mol. The predicted octanol–water partition coefficient (Wildman–Crippen LogP) is 3.09. The molecule has 0 saturated carbocycles. The van der Waals surface area contributed by atoms with Crippen LogP contribution in [0.3, 0.4) is 0 Å². The number of nitrogens with zero attached hydrogens (tertiary/aromatic N) is 2. The fourth-order valence-electron chi connectivity index (χ4n) is 2.31. The van der Waals surface area contributed by atoms with Gasteiger partial charge in [0.25, 0.3) is 5.56 Å². The van der Waals surface area contributed by atoms with Crippen molar-refractivity contribution in [3.8, 4) is 0 Å². The van der Waals surface area contributed by atoms with Crippen molar-refractivity contribution in [1.82, 2.24) is 9.66 Å². The summed E-state index contributed by atoms with van der Waals surface area (Å²) in [6.45, 7) is 0. The number of ether oxygens (including phenoxy) is 1. The third-order valence-corrected chi connectivity index (χ3v) is 5.16. The fourth-order valence-corrected chi connectivity index (χ4v) is 3.54. The second-order valence-corrected chi connectivity index (χ2v) is 7.18. The van der Waals surface area contributed by atoms with E-state index in [2.05, 4.69) is 25.7 Å². The average Bonchev–Trinajstić information content (AvgIpc) is 2.63. The van der Waals surface area contributed by atoms with Crippen LogP contribution < -0.4 is 11.4 Å². The van der Waals surface area contributed by atoms with Gasteiger partial charge in [-0.05, 0) is 35.9 Å². The molecule has 0 bridgehead atoms. The van der Waals surface area contributed by atoms with Crippen LogP contribution in [0.1, 0.15) is 15.9 Å². The van der Waals surface area contributed by atoms with Crippen LogP contribution in [-0.2, 0) is 10.5 Å². The molecule has 6 nitrogen and oxygen atoms in total. The molecule has 9 heteroatoms. The maximum absolute atomic E-state index is 14.0. The van der Waals surface area contributed by atoms with Crippen molar-refractivity contribution in [2.24, 2.45) is 0 Å². The molecule has 134 valence electrons. The Morgan fingerprint density at radius 1 is 1.35 bits per heavy atom. The normalized spacial score (nSPS) is 10.9. The molecular weight excluding hydrogens is 425 g/mol. The number of nitrogens with two attached hydrogens (primary N) is 1. The monoisotopic (exact) mass is 437 g/mol. The van der Waals surface area contributed by atoms with E-state index in [1.807, 2.05) is 0 Å². The smallest absolute Gasteiger partial charge is 0.337 e. The number of nitrogen functional groups attached to an aromatic ring is 1. The summed E-state index contributed by atoms with van der Waals surface area (Å²) in [4.78, 5) is 28.4. The number of aromatic nitrogens is 2. The molecule has 0 atom stereocenters. The molecule has 0 aliphatic carbocycles. The lowest BCUT2D eigenvalue weighted by molar-refractivity contribution is 0.0601. The van der Waals surface area contributed by atoms with Gasteiger partial charge in [-0.1, -0.05) is 33.8 Å². The quantitative estimate of drug-likeness (QED) is 0.292. The number of thioether (sulfide) groups is 1. The third-order valence-electron chi connectivity index (χ3n) is 3.66. The van der Waals surface area contributed by atoms with Gasteiger partial charge >= 0.3 is 5.97 Å². The van der Waals surface area contributed by atoms with E-state index in [1.54, 1.807) is 12.1 Å². The highest BCUT2D eigenvalue weighted by Gasteiger charge is 2.14. The molecule has 0 fully saturated rings. The Labute approximate surface area is 160 Å². The average molecular weight is 438 g/mol. The second-order valence-electron chi connectivity index (χ2n) is 5.32. The van der Waals surface area contributed by atoms with Crippen molar-refractivity contribution in [3.63, 3.8) is 0 Å². The van der Waals surface area contributed by atoms with Crippen LogP contribution >= 0.6 is 27.7 Å². The van der Waals surface area contributed by atoms with Crippen molar-refractivity contribution in [1.29, 1.82) is 0 Å². The summed E-state index contributed by atoms with van der Waals surface area (Å²) >= 11 is 4.33. The zero-order chi connectivity index (χ0) is 18.8. The minimum atomic E-state index is -0.531. The van der Waals surface area contributed by atoms with Crippen LogP contribution in [0, 0.1) is 5.82 Å². The van der Waals surface area contributed by atoms with Gasteiger partial charge in [-0.2, -0.15) is 0 Å². The van der Waals surface area contributed by atoms with E-state index in [0.29, 0.717) is 15.6 Å². The van der Waals surface area contributed by atoms with Gasteiger partial charge in [-0.15, -0.1) is 0 Å². The zero-order valence-corrected chi connectivity index (χ0v) is 15.9. The lowest BCUT2D eigenvalue weighted by Gasteiger charge is -2.09. The Kier molecular flexibility index (Phi) is 5.28. The molecule has 0 spiro atoms. The second kappa shape index (κ2) is 7.46. The first-order chi connectivity index (χ1) is 12.4. The largest absolute Gasteiger partial charge is 0.465 e. The molecular formula is C17H13BrFN3O3S. The Hall–Kier alpha value is -2.39. The molecule has 1 heterocycles. The lowest BCUT2D eigenvalue weighted by Crippen LogP contribution is -2.29. The number of halogens is 2. The molecule has 0 amide bonds. The van der Waals surface area contributed by atoms with Crippen molar-refractivity contribution in [2.75, 3.05) is 13.0 Å². The number of benzene rings is 2. The highest BCUT2D eigenvalue weighted by molar-refractivity contribution is 9.10. The van der Waals surface area contributed by atoms with Gasteiger partial charge in [0, 0.05) is 10.2 Å². The number of methoxy groups -OCH3 is 1. The summed E-state index contributed by atoms with van der Waals surface area (Å²) in [7, 11) is 1.27. The Morgan fingerprint density at radius 3 is 2.81 bits per heavy atom. The number of rotatable bonds is 4. The van der Waals surface area contributed by atoms with E-state index in [4.69, 9.17) is 5.84 Å². The van der Waals surface area contributed by atoms with E-state index >= 15 is 0 Å². The van der Waals surface area contributed by atoms with Crippen LogP contribution in [0.15, 0.2) is 50.8 Å². The van der Waals surface area contributed by atoms with Gasteiger partial charge < -0.3 is 10.6 Å². The van der Waals surface area contributed by atoms with E-state index in [-0.39, 0.29) is 27.7 Å². The molecule has 0 aliphatic heterocycles. The van der Waals surface area contributed by atoms with Crippen LogP contribution in [0.4, 0.5) is 4.39 Å². The third kappa shape index (κ3) is 3.58. The van der Waals surface area contributed by atoms with Crippen LogP contribution in [0.25, 0.3) is 10.9 Å². The first kappa shape index (κ1) is 18.4. The standard InChI is InChI=1S/C17H13BrFN3O3S/c1-25-16(24)9-3-5-12-14(6-9)21-17(22(20)15(12)23)26-8-10-2-4-11(18)7-13(10)19/h2-7H,8,20H2,1H3. The summed E-state index contributed by atoms with van der Waals surface area (Å²) in [5, 5.41) is 0.492. The van der Waals surface area contributed by atoms with Crippen LogP contribution in [0.2, 0.25) is 0 Å². The van der Waals surface area contributed by atoms with Gasteiger partial charge in [0.2, 0.25) is 0 Å². The molecule has 0 unspecified atom stereocenters. The first-order valence-corrected chi connectivity index (χ1v) is 9.15. The molecule has 0 saturated heterocycles. The van der Waals surface area contributed by atoms with Crippen molar-refractivity contribution >= 4 is 44.6 Å². The topological polar surface area (TPSA) is 87.2 Å². The molecule has 0 radical (unpaired) electrons. The lowest BCUT2D eigenvalue weighted by atomic mass is 10.1. The molecule has 26 heavy (non-hydrogen) atoms. The van der Waals surface area contributed by atoms with Gasteiger partial charge in [-0.25, -0.2) is 18.8 Å². The van der Waals surface area contributed by atoms with Crippen LogP contribution in [0.5, 0.6) is 0 Å². The minimum Gasteiger partial charge on any atom is -0.465 e. The highest BCUT2D eigenvalue weighted by Crippen LogP contribution is 2.24. The number of esters is 1. The summed E-state index contributed by atoms with van der Waals surface area (Å²) in [6.07, 6.45) is 0. The number of carbonyl (C=O) groups is 1. The van der Waals surface area contributed by atoms with E-state index < -0.39 is 11.5 Å². The van der Waals surface area contributed by atoms with Crippen LogP contribution in [-0.4, -0.2) is 22.7 Å². The van der Waals surface area contributed by atoms with Gasteiger partial charge in [-0.3, -0.25) is 4.79 Å². The first-order valence-electron chi connectivity index (χ1n) is 7.37. The number of hydrogen-bond donors (Lipinski definition) is 1. The summed E-state index contributed by atoms with van der Waals surface area (Å²) in [5.41, 5.74) is 0.594. The summed E-state index contributed by atoms with van der Waals surface area (Å²) in [5.74, 6) is 5.17. The number of fused-ring (bicyclic) bond motifs is 1. The number of carbonyl (C=O) groups excluding carboxylic acids is 1. The van der Waals surface area contributed by atoms with Crippen molar-refractivity contribution in [3.05, 3.63) is 68.2 Å². The Balaban J connectivity index is 1.98. The Morgan fingerprint density at radius 2 is 2.12 bits per heavy atom. The van der Waals surface area contributed by atoms with Crippen molar-refractivity contribution in [2.45, 2.75) is 10.9 Å². The van der Waals surface area contributed by atoms with Gasteiger partial charge in [0.05, 0.1) is 23.6 Å². The molecule has 3 aromatic rings. The molecule has 2 aromatic carbocycles. The fraction of sp³-hybridized carbons (Fsp3) is 0.118. The van der Waals surface area contributed by atoms with E-state index in [1.165, 1.54) is 31.4 Å². The molecule has 3 rings (SSSR count). The molecule has 0 aliphatic rings. The summed E-state index contributed by atoms with van der Waals surface area (Å²) < 4.78 is 20.2. The molecule has 2 N–H and O–H groups in total. The highest BCUT2D eigenvalue weighted by atomic mass is 79.9. The maximum Gasteiger partial charge on any atom is 0.337 e. The van der Waals surface area contributed by atoms with Crippen molar-refractivity contribution < 1.29 is 13.9 Å². The zero-order valence-electron chi connectivity index (χ0n) is 13.5.